The number of carbonyl (C=O) groups excluding carboxylic acids is 1. The summed E-state index contributed by atoms with van der Waals surface area (Å²) < 4.78 is 0. The maximum atomic E-state index is 11.6. The molecule has 0 saturated carbocycles. The number of aliphatic hydroxyl groups is 1. The van der Waals surface area contributed by atoms with Crippen molar-refractivity contribution in [1.29, 1.82) is 0 Å². The lowest BCUT2D eigenvalue weighted by Gasteiger charge is -2.07. The molecule has 0 aliphatic rings. The predicted molar refractivity (Wildman–Crippen MR) is 66.7 cm³/mol. The molecule has 90 valence electrons. The van der Waals surface area contributed by atoms with Crippen LogP contribution in [0.3, 0.4) is 0 Å². The molecule has 17 heavy (non-hydrogen) atoms. The zero-order valence-electron chi connectivity index (χ0n) is 9.73. The summed E-state index contributed by atoms with van der Waals surface area (Å²) >= 11 is 0. The van der Waals surface area contributed by atoms with Crippen molar-refractivity contribution in [3.8, 4) is 0 Å². The largest absolute Gasteiger partial charge is 0.392 e. The first kappa shape index (κ1) is 11.7. The summed E-state index contributed by atoms with van der Waals surface area (Å²) in [6.45, 7) is 1.94. The van der Waals surface area contributed by atoms with E-state index < -0.39 is 6.10 Å². The molecule has 2 aromatic rings. The fourth-order valence-electron chi connectivity index (χ4n) is 1.72. The average molecular weight is 232 g/mol. The van der Waals surface area contributed by atoms with Crippen molar-refractivity contribution in [3.05, 3.63) is 36.0 Å². The lowest BCUT2D eigenvalue weighted by atomic mass is 10.1. The highest BCUT2D eigenvalue weighted by Gasteiger charge is 2.05. The van der Waals surface area contributed by atoms with Gasteiger partial charge in [-0.15, -0.1) is 0 Å². The van der Waals surface area contributed by atoms with Crippen LogP contribution in [0.2, 0.25) is 0 Å². The lowest BCUT2D eigenvalue weighted by Crippen LogP contribution is -2.31. The predicted octanol–water partition coefficient (Wildman–Crippen LogP) is 1.21. The van der Waals surface area contributed by atoms with Gasteiger partial charge in [0.05, 0.1) is 12.5 Å². The van der Waals surface area contributed by atoms with Crippen LogP contribution in [0.15, 0.2) is 30.5 Å². The van der Waals surface area contributed by atoms with E-state index in [0.29, 0.717) is 13.0 Å². The van der Waals surface area contributed by atoms with Crippen molar-refractivity contribution in [2.24, 2.45) is 0 Å². The Morgan fingerprint density at radius 3 is 3.06 bits per heavy atom. The molecule has 4 heteroatoms. The molecule has 3 N–H and O–H groups in total. The quantitative estimate of drug-likeness (QED) is 0.741. The Labute approximate surface area is 99.7 Å². The van der Waals surface area contributed by atoms with E-state index in [4.69, 9.17) is 5.11 Å². The van der Waals surface area contributed by atoms with E-state index in [2.05, 4.69) is 10.3 Å². The third kappa shape index (κ3) is 3.07. The highest BCUT2D eigenvalue weighted by molar-refractivity contribution is 5.83. The van der Waals surface area contributed by atoms with Crippen molar-refractivity contribution in [2.75, 3.05) is 6.54 Å². The number of hydrogen-bond donors (Lipinski definition) is 3. The number of aromatic amines is 1. The maximum absolute atomic E-state index is 11.6. The number of aliphatic hydroxyl groups excluding tert-OH is 1. The molecule has 0 spiro atoms. The van der Waals surface area contributed by atoms with Crippen LogP contribution in [-0.4, -0.2) is 28.6 Å². The van der Waals surface area contributed by atoms with Gasteiger partial charge in [0, 0.05) is 18.3 Å². The minimum Gasteiger partial charge on any atom is -0.392 e. The standard InChI is InChI=1S/C13H16N2O2/c1-9(16)8-15-13(17)7-10-2-3-12-11(6-10)4-5-14-12/h2-6,9,14,16H,7-8H2,1H3,(H,15,17). The first-order valence-corrected chi connectivity index (χ1v) is 5.66. The minimum absolute atomic E-state index is 0.0687. The van der Waals surface area contributed by atoms with Crippen LogP contribution < -0.4 is 5.32 Å². The molecular weight excluding hydrogens is 216 g/mol. The van der Waals surface area contributed by atoms with Gasteiger partial charge in [0.2, 0.25) is 5.91 Å². The molecule has 4 nitrogen and oxygen atoms in total. The summed E-state index contributed by atoms with van der Waals surface area (Å²) in [5.74, 6) is -0.0687. The van der Waals surface area contributed by atoms with Crippen molar-refractivity contribution in [1.82, 2.24) is 10.3 Å². The molecule has 1 amide bonds. The van der Waals surface area contributed by atoms with Crippen LogP contribution in [-0.2, 0) is 11.2 Å². The Bertz CT molecular complexity index is 517. The molecule has 2 rings (SSSR count). The lowest BCUT2D eigenvalue weighted by molar-refractivity contribution is -0.120. The van der Waals surface area contributed by atoms with Crippen molar-refractivity contribution in [3.63, 3.8) is 0 Å². The third-order valence-corrected chi connectivity index (χ3v) is 2.58. The molecule has 0 aliphatic heterocycles. The van der Waals surface area contributed by atoms with E-state index in [-0.39, 0.29) is 5.91 Å². The third-order valence-electron chi connectivity index (χ3n) is 2.58. The van der Waals surface area contributed by atoms with Gasteiger partial charge < -0.3 is 15.4 Å². The Kier molecular flexibility index (Phi) is 3.44. The molecule has 0 saturated heterocycles. The molecule has 0 fully saturated rings. The van der Waals surface area contributed by atoms with E-state index >= 15 is 0 Å². The number of amides is 1. The Morgan fingerprint density at radius 1 is 1.47 bits per heavy atom. The number of hydrogen-bond acceptors (Lipinski definition) is 2. The molecule has 1 aromatic carbocycles. The van der Waals surface area contributed by atoms with E-state index in [1.54, 1.807) is 6.92 Å². The Hall–Kier alpha value is -1.81. The molecule has 1 atom stereocenters. The summed E-state index contributed by atoms with van der Waals surface area (Å²) in [5, 5.41) is 12.8. The second-order valence-electron chi connectivity index (χ2n) is 4.23. The van der Waals surface area contributed by atoms with E-state index in [1.165, 1.54) is 0 Å². The van der Waals surface area contributed by atoms with Crippen molar-refractivity contribution < 1.29 is 9.90 Å². The first-order chi connectivity index (χ1) is 8.15. The highest BCUT2D eigenvalue weighted by Crippen LogP contribution is 2.14. The van der Waals surface area contributed by atoms with Crippen molar-refractivity contribution >= 4 is 16.8 Å². The van der Waals surface area contributed by atoms with Gasteiger partial charge in [0.25, 0.3) is 0 Å². The molecular formula is C13H16N2O2. The van der Waals surface area contributed by atoms with Crippen LogP contribution in [0.1, 0.15) is 12.5 Å². The number of rotatable bonds is 4. The fraction of sp³-hybridized carbons (Fsp3) is 0.308. The van der Waals surface area contributed by atoms with Gasteiger partial charge >= 0.3 is 0 Å². The summed E-state index contributed by atoms with van der Waals surface area (Å²) in [6.07, 6.45) is 1.71. The number of aromatic nitrogens is 1. The number of carbonyl (C=O) groups is 1. The van der Waals surface area contributed by atoms with Gasteiger partial charge in [-0.1, -0.05) is 6.07 Å². The SMILES string of the molecule is CC(O)CNC(=O)Cc1ccc2[nH]ccc2c1. The van der Waals surface area contributed by atoms with Crippen molar-refractivity contribution in [2.45, 2.75) is 19.4 Å². The van der Waals surface area contributed by atoms with Crippen LogP contribution in [0.4, 0.5) is 0 Å². The minimum atomic E-state index is -0.508. The highest BCUT2D eigenvalue weighted by atomic mass is 16.3. The van der Waals surface area contributed by atoms with Crippen LogP contribution in [0.25, 0.3) is 10.9 Å². The fourth-order valence-corrected chi connectivity index (χ4v) is 1.72. The van der Waals surface area contributed by atoms with E-state index in [9.17, 15) is 4.79 Å². The van der Waals surface area contributed by atoms with Crippen LogP contribution >= 0.6 is 0 Å². The zero-order valence-corrected chi connectivity index (χ0v) is 9.73. The summed E-state index contributed by atoms with van der Waals surface area (Å²) in [6, 6.07) is 7.87. The molecule has 1 aromatic heterocycles. The Morgan fingerprint density at radius 2 is 2.29 bits per heavy atom. The molecule has 0 aliphatic carbocycles. The van der Waals surface area contributed by atoms with Gasteiger partial charge in [-0.2, -0.15) is 0 Å². The second kappa shape index (κ2) is 5.01. The average Bonchev–Trinajstić information content (AvgIpc) is 2.73. The first-order valence-electron chi connectivity index (χ1n) is 5.66. The van der Waals surface area contributed by atoms with Gasteiger partial charge in [-0.3, -0.25) is 4.79 Å². The number of nitrogens with one attached hydrogen (secondary N) is 2. The second-order valence-corrected chi connectivity index (χ2v) is 4.23. The maximum Gasteiger partial charge on any atom is 0.224 e. The zero-order chi connectivity index (χ0) is 12.3. The summed E-state index contributed by atoms with van der Waals surface area (Å²) in [5.41, 5.74) is 2.04. The van der Waals surface area contributed by atoms with Gasteiger partial charge in [-0.25, -0.2) is 0 Å². The molecule has 0 radical (unpaired) electrons. The van der Waals surface area contributed by atoms with Crippen LogP contribution in [0, 0.1) is 0 Å². The topological polar surface area (TPSA) is 65.1 Å². The van der Waals surface area contributed by atoms with Gasteiger partial charge in [-0.05, 0) is 36.1 Å². The number of H-pyrrole nitrogens is 1. The molecule has 1 unspecified atom stereocenters. The van der Waals surface area contributed by atoms with E-state index in [0.717, 1.165) is 16.5 Å². The summed E-state index contributed by atoms with van der Waals surface area (Å²) in [4.78, 5) is 14.7. The number of benzene rings is 1. The number of fused-ring (bicyclic) bond motifs is 1. The molecule has 0 bridgehead atoms. The van der Waals surface area contributed by atoms with E-state index in [1.807, 2.05) is 30.5 Å². The van der Waals surface area contributed by atoms with Gasteiger partial charge in [0.1, 0.15) is 0 Å². The van der Waals surface area contributed by atoms with Crippen LogP contribution in [0.5, 0.6) is 0 Å². The Balaban J connectivity index is 2.00. The van der Waals surface area contributed by atoms with Gasteiger partial charge in [0.15, 0.2) is 0 Å². The molecule has 1 heterocycles. The monoisotopic (exact) mass is 232 g/mol. The normalized spacial score (nSPS) is 12.6. The smallest absolute Gasteiger partial charge is 0.224 e. The summed E-state index contributed by atoms with van der Waals surface area (Å²) in [7, 11) is 0.